The predicted octanol–water partition coefficient (Wildman–Crippen LogP) is 4.31. The standard InChI is InChI=1S/C22H20N2O3/c1-15-8-6-9-16(2)20(15)24-22(26)19(14-18-12-7-13-27-18)23-21(25)17-10-4-3-5-11-17/h3-14H,1-2H3,(H,23,25)(H,24,26)/b19-14-. The average Bonchev–Trinajstić information content (AvgIpc) is 3.18. The molecule has 0 aliphatic rings. The van der Waals surface area contributed by atoms with Gasteiger partial charge in [0.25, 0.3) is 11.8 Å². The fraction of sp³-hybridized carbons (Fsp3) is 0.0909. The first-order valence-electron chi connectivity index (χ1n) is 8.54. The largest absolute Gasteiger partial charge is 0.465 e. The lowest BCUT2D eigenvalue weighted by Crippen LogP contribution is -2.31. The number of benzene rings is 2. The first kappa shape index (κ1) is 18.2. The summed E-state index contributed by atoms with van der Waals surface area (Å²) in [4.78, 5) is 25.4. The number of hydrogen-bond acceptors (Lipinski definition) is 3. The molecule has 0 aliphatic carbocycles. The number of anilines is 1. The minimum atomic E-state index is -0.423. The molecule has 0 saturated carbocycles. The van der Waals surface area contributed by atoms with E-state index in [1.807, 2.05) is 38.1 Å². The van der Waals surface area contributed by atoms with Crippen LogP contribution in [0.5, 0.6) is 0 Å². The molecule has 0 unspecified atom stereocenters. The molecule has 0 saturated heterocycles. The van der Waals surface area contributed by atoms with Gasteiger partial charge in [0.2, 0.25) is 0 Å². The van der Waals surface area contributed by atoms with Crippen molar-refractivity contribution in [2.24, 2.45) is 0 Å². The van der Waals surface area contributed by atoms with Crippen LogP contribution in [0.15, 0.2) is 77.0 Å². The molecule has 136 valence electrons. The SMILES string of the molecule is Cc1cccc(C)c1NC(=O)/C(=C/c1ccco1)NC(=O)c1ccccc1. The van der Waals surface area contributed by atoms with E-state index in [-0.39, 0.29) is 11.6 Å². The molecule has 1 heterocycles. The average molecular weight is 360 g/mol. The molecule has 0 spiro atoms. The number of hydrogen-bond donors (Lipinski definition) is 2. The second-order valence-electron chi connectivity index (χ2n) is 6.11. The zero-order chi connectivity index (χ0) is 19.2. The Hall–Kier alpha value is -3.60. The van der Waals surface area contributed by atoms with E-state index < -0.39 is 5.91 Å². The van der Waals surface area contributed by atoms with Crippen LogP contribution in [0.2, 0.25) is 0 Å². The van der Waals surface area contributed by atoms with Crippen molar-refractivity contribution in [2.45, 2.75) is 13.8 Å². The summed E-state index contributed by atoms with van der Waals surface area (Å²) in [5, 5.41) is 5.56. The van der Waals surface area contributed by atoms with Gasteiger partial charge in [-0.2, -0.15) is 0 Å². The van der Waals surface area contributed by atoms with Crippen molar-refractivity contribution in [3.05, 3.63) is 95.1 Å². The summed E-state index contributed by atoms with van der Waals surface area (Å²) in [7, 11) is 0. The van der Waals surface area contributed by atoms with Crippen LogP contribution in [0, 0.1) is 13.8 Å². The van der Waals surface area contributed by atoms with Gasteiger partial charge in [0.05, 0.1) is 6.26 Å². The number of aryl methyl sites for hydroxylation is 2. The van der Waals surface area contributed by atoms with Crippen molar-refractivity contribution >= 4 is 23.6 Å². The molecule has 0 aliphatic heterocycles. The molecule has 0 fully saturated rings. The molecule has 3 rings (SSSR count). The third-order valence-electron chi connectivity index (χ3n) is 4.08. The van der Waals surface area contributed by atoms with Gasteiger partial charge in [-0.1, -0.05) is 36.4 Å². The summed E-state index contributed by atoms with van der Waals surface area (Å²) in [6.45, 7) is 3.84. The van der Waals surface area contributed by atoms with Crippen molar-refractivity contribution < 1.29 is 14.0 Å². The van der Waals surface area contributed by atoms with E-state index in [0.29, 0.717) is 11.3 Å². The second kappa shape index (κ2) is 8.19. The van der Waals surface area contributed by atoms with Crippen LogP contribution >= 0.6 is 0 Å². The first-order chi connectivity index (χ1) is 13.0. The number of nitrogens with one attached hydrogen (secondary N) is 2. The van der Waals surface area contributed by atoms with E-state index in [2.05, 4.69) is 10.6 Å². The zero-order valence-electron chi connectivity index (χ0n) is 15.2. The smallest absolute Gasteiger partial charge is 0.272 e. The summed E-state index contributed by atoms with van der Waals surface area (Å²) in [5.74, 6) is -0.326. The highest BCUT2D eigenvalue weighted by molar-refractivity contribution is 6.11. The summed E-state index contributed by atoms with van der Waals surface area (Å²) in [5.41, 5.74) is 3.16. The lowest BCUT2D eigenvalue weighted by Gasteiger charge is -2.14. The van der Waals surface area contributed by atoms with Crippen LogP contribution in [0.3, 0.4) is 0 Å². The highest BCUT2D eigenvalue weighted by atomic mass is 16.3. The minimum absolute atomic E-state index is 0.0986. The van der Waals surface area contributed by atoms with E-state index in [1.165, 1.54) is 12.3 Å². The van der Waals surface area contributed by atoms with E-state index in [9.17, 15) is 9.59 Å². The molecule has 0 bridgehead atoms. The van der Waals surface area contributed by atoms with Crippen molar-refractivity contribution in [2.75, 3.05) is 5.32 Å². The summed E-state index contributed by atoms with van der Waals surface area (Å²) >= 11 is 0. The number of rotatable bonds is 5. The van der Waals surface area contributed by atoms with Crippen LogP contribution in [-0.4, -0.2) is 11.8 Å². The predicted molar refractivity (Wildman–Crippen MR) is 105 cm³/mol. The first-order valence-corrected chi connectivity index (χ1v) is 8.54. The molecule has 0 atom stereocenters. The van der Waals surface area contributed by atoms with Gasteiger partial charge in [0.15, 0.2) is 0 Å². The number of furan rings is 1. The number of amides is 2. The van der Waals surface area contributed by atoms with Crippen LogP contribution in [-0.2, 0) is 4.79 Å². The Morgan fingerprint density at radius 3 is 2.22 bits per heavy atom. The maximum absolute atomic E-state index is 12.9. The quantitative estimate of drug-likeness (QED) is 0.666. The van der Waals surface area contributed by atoms with Crippen molar-refractivity contribution in [1.29, 1.82) is 0 Å². The molecular weight excluding hydrogens is 340 g/mol. The Bertz CT molecular complexity index is 954. The molecule has 2 amide bonds. The molecule has 2 N–H and O–H groups in total. The van der Waals surface area contributed by atoms with Gasteiger partial charge in [-0.05, 0) is 49.2 Å². The van der Waals surface area contributed by atoms with Crippen molar-refractivity contribution in [1.82, 2.24) is 5.32 Å². The fourth-order valence-electron chi connectivity index (χ4n) is 2.65. The third kappa shape index (κ3) is 4.52. The van der Waals surface area contributed by atoms with Crippen molar-refractivity contribution in [3.63, 3.8) is 0 Å². The highest BCUT2D eigenvalue weighted by Gasteiger charge is 2.17. The van der Waals surface area contributed by atoms with Gasteiger partial charge < -0.3 is 15.1 Å². The van der Waals surface area contributed by atoms with Crippen LogP contribution < -0.4 is 10.6 Å². The van der Waals surface area contributed by atoms with Gasteiger partial charge >= 0.3 is 0 Å². The van der Waals surface area contributed by atoms with E-state index >= 15 is 0 Å². The fourth-order valence-corrected chi connectivity index (χ4v) is 2.65. The third-order valence-corrected chi connectivity index (χ3v) is 4.08. The van der Waals surface area contributed by atoms with Gasteiger partial charge in [-0.25, -0.2) is 0 Å². The van der Waals surface area contributed by atoms with Crippen LogP contribution in [0.25, 0.3) is 6.08 Å². The summed E-state index contributed by atoms with van der Waals surface area (Å²) < 4.78 is 5.29. The molecule has 0 radical (unpaired) electrons. The van der Waals surface area contributed by atoms with E-state index in [1.54, 1.807) is 36.4 Å². The zero-order valence-corrected chi connectivity index (χ0v) is 15.2. The second-order valence-corrected chi connectivity index (χ2v) is 6.11. The van der Waals surface area contributed by atoms with Crippen LogP contribution in [0.4, 0.5) is 5.69 Å². The molecule has 27 heavy (non-hydrogen) atoms. The summed E-state index contributed by atoms with van der Waals surface area (Å²) in [6, 6.07) is 17.9. The lowest BCUT2D eigenvalue weighted by molar-refractivity contribution is -0.113. The maximum Gasteiger partial charge on any atom is 0.272 e. The monoisotopic (exact) mass is 360 g/mol. The number of carbonyl (C=O) groups is 2. The van der Waals surface area contributed by atoms with Gasteiger partial charge in [0.1, 0.15) is 11.5 Å². The number of carbonyl (C=O) groups excluding carboxylic acids is 2. The van der Waals surface area contributed by atoms with Crippen LogP contribution in [0.1, 0.15) is 27.2 Å². The molecule has 3 aromatic rings. The Morgan fingerprint density at radius 1 is 0.889 bits per heavy atom. The van der Waals surface area contributed by atoms with Gasteiger partial charge in [0, 0.05) is 17.3 Å². The van der Waals surface area contributed by atoms with Gasteiger partial charge in [-0.15, -0.1) is 0 Å². The Kier molecular flexibility index (Phi) is 5.52. The minimum Gasteiger partial charge on any atom is -0.465 e. The molecule has 5 nitrogen and oxygen atoms in total. The van der Waals surface area contributed by atoms with Crippen molar-refractivity contribution in [3.8, 4) is 0 Å². The lowest BCUT2D eigenvalue weighted by atomic mass is 10.1. The molecule has 5 heteroatoms. The number of para-hydroxylation sites is 1. The normalized spacial score (nSPS) is 11.1. The summed E-state index contributed by atoms with van der Waals surface area (Å²) in [6.07, 6.45) is 3.01. The maximum atomic E-state index is 12.9. The molecule has 1 aromatic heterocycles. The van der Waals surface area contributed by atoms with E-state index in [0.717, 1.165) is 16.8 Å². The Labute approximate surface area is 157 Å². The highest BCUT2D eigenvalue weighted by Crippen LogP contribution is 2.20. The Morgan fingerprint density at radius 2 is 1.59 bits per heavy atom. The van der Waals surface area contributed by atoms with Gasteiger partial charge in [-0.3, -0.25) is 9.59 Å². The topological polar surface area (TPSA) is 71.3 Å². The van der Waals surface area contributed by atoms with E-state index in [4.69, 9.17) is 4.42 Å². The molecule has 2 aromatic carbocycles. The Balaban J connectivity index is 1.88. The molecular formula is C22H20N2O3.